The minimum Gasteiger partial charge on any atom is -0.497 e. The van der Waals surface area contributed by atoms with E-state index in [9.17, 15) is 9.59 Å². The molecule has 0 saturated heterocycles. The van der Waals surface area contributed by atoms with E-state index >= 15 is 0 Å². The average molecular weight is 340 g/mol. The van der Waals surface area contributed by atoms with Gasteiger partial charge >= 0.3 is 5.97 Å². The monoisotopic (exact) mass is 340 g/mol. The average Bonchev–Trinajstić information content (AvgIpc) is 2.64. The Morgan fingerprint density at radius 2 is 1.80 bits per heavy atom. The maximum absolute atomic E-state index is 12.2. The molecule has 0 atom stereocenters. The van der Waals surface area contributed by atoms with Gasteiger partial charge in [0.15, 0.2) is 12.4 Å². The van der Waals surface area contributed by atoms with E-state index in [-0.39, 0.29) is 12.4 Å². The molecule has 5 nitrogen and oxygen atoms in total. The summed E-state index contributed by atoms with van der Waals surface area (Å²) in [5.41, 5.74) is 1.63. The van der Waals surface area contributed by atoms with Crippen molar-refractivity contribution in [3.05, 3.63) is 65.2 Å². The normalized spacial score (nSPS) is 11.0. The molecule has 1 N–H and O–H groups in total. The fourth-order valence-corrected chi connectivity index (χ4v) is 2.21. The topological polar surface area (TPSA) is 72.8 Å². The van der Waals surface area contributed by atoms with Gasteiger partial charge in [0.2, 0.25) is 0 Å². The molecule has 0 aliphatic heterocycles. The van der Waals surface area contributed by atoms with E-state index in [1.807, 2.05) is 0 Å². The van der Waals surface area contributed by atoms with Crippen LogP contribution in [0.2, 0.25) is 0 Å². The fraction of sp³-hybridized carbons (Fsp3) is 0.200. The molecule has 0 radical (unpaired) electrons. The zero-order valence-electron chi connectivity index (χ0n) is 14.2. The standard InChI is InChI=1S/C20H20O5/c1-3-15(20(22)23)11-14-7-9-17(10-8-14)25-13-19(21)16-5-4-6-18(12-16)24-2/h4-12H,3,13H2,1-2H3,(H,22,23). The molecule has 0 fully saturated rings. The Bertz CT molecular complexity index is 775. The molecule has 0 bridgehead atoms. The first kappa shape index (κ1) is 18.3. The minimum atomic E-state index is -0.924. The van der Waals surface area contributed by atoms with Gasteiger partial charge in [0.25, 0.3) is 0 Å². The summed E-state index contributed by atoms with van der Waals surface area (Å²) >= 11 is 0. The second-order valence-corrected chi connectivity index (χ2v) is 5.34. The van der Waals surface area contributed by atoms with E-state index in [2.05, 4.69) is 0 Å². The van der Waals surface area contributed by atoms with Crippen molar-refractivity contribution in [2.45, 2.75) is 13.3 Å². The van der Waals surface area contributed by atoms with Gasteiger partial charge in [0.05, 0.1) is 7.11 Å². The molecule has 0 aliphatic carbocycles. The van der Waals surface area contributed by atoms with E-state index in [4.69, 9.17) is 14.6 Å². The van der Waals surface area contributed by atoms with Gasteiger partial charge in [-0.25, -0.2) is 4.79 Å². The lowest BCUT2D eigenvalue weighted by Gasteiger charge is -2.07. The number of rotatable bonds is 8. The van der Waals surface area contributed by atoms with E-state index in [0.717, 1.165) is 5.56 Å². The van der Waals surface area contributed by atoms with Gasteiger partial charge in [-0.2, -0.15) is 0 Å². The predicted octanol–water partition coefficient (Wildman–Crippen LogP) is 3.83. The number of ether oxygens (including phenoxy) is 2. The SMILES string of the molecule is CCC(=Cc1ccc(OCC(=O)c2cccc(OC)c2)cc1)C(=O)O. The summed E-state index contributed by atoms with van der Waals surface area (Å²) in [7, 11) is 1.55. The summed E-state index contributed by atoms with van der Waals surface area (Å²) in [5.74, 6) is 0.0858. The summed E-state index contributed by atoms with van der Waals surface area (Å²) in [6, 6.07) is 13.8. The van der Waals surface area contributed by atoms with Gasteiger partial charge in [0, 0.05) is 11.1 Å². The highest BCUT2D eigenvalue weighted by atomic mass is 16.5. The van der Waals surface area contributed by atoms with Crippen molar-refractivity contribution in [2.75, 3.05) is 13.7 Å². The highest BCUT2D eigenvalue weighted by molar-refractivity contribution is 5.97. The van der Waals surface area contributed by atoms with E-state index in [1.54, 1.807) is 68.6 Å². The Kier molecular flexibility index (Phi) is 6.34. The third-order valence-corrected chi connectivity index (χ3v) is 3.64. The molecule has 0 spiro atoms. The van der Waals surface area contributed by atoms with E-state index < -0.39 is 5.97 Å². The highest BCUT2D eigenvalue weighted by Crippen LogP contribution is 2.17. The number of carboxylic acids is 1. The summed E-state index contributed by atoms with van der Waals surface area (Å²) in [6.07, 6.45) is 2.07. The molecule has 0 aromatic heterocycles. The third kappa shape index (κ3) is 5.21. The third-order valence-electron chi connectivity index (χ3n) is 3.64. The highest BCUT2D eigenvalue weighted by Gasteiger charge is 2.08. The molecule has 0 amide bonds. The predicted molar refractivity (Wildman–Crippen MR) is 95.2 cm³/mol. The van der Waals surface area contributed by atoms with Crippen LogP contribution in [0, 0.1) is 0 Å². The van der Waals surface area contributed by atoms with Crippen LogP contribution < -0.4 is 9.47 Å². The number of hydrogen-bond donors (Lipinski definition) is 1. The zero-order valence-corrected chi connectivity index (χ0v) is 14.2. The van der Waals surface area contributed by atoms with Gasteiger partial charge in [0.1, 0.15) is 11.5 Å². The van der Waals surface area contributed by atoms with Crippen LogP contribution in [-0.4, -0.2) is 30.6 Å². The lowest BCUT2D eigenvalue weighted by Crippen LogP contribution is -2.11. The fourth-order valence-electron chi connectivity index (χ4n) is 2.21. The molecule has 0 unspecified atom stereocenters. The first-order valence-electron chi connectivity index (χ1n) is 7.87. The number of Topliss-reactive ketones (excluding diaryl/α,β-unsaturated/α-hetero) is 1. The number of methoxy groups -OCH3 is 1. The lowest BCUT2D eigenvalue weighted by molar-refractivity contribution is -0.132. The van der Waals surface area contributed by atoms with Crippen LogP contribution in [0.3, 0.4) is 0 Å². The van der Waals surface area contributed by atoms with Crippen LogP contribution in [-0.2, 0) is 4.79 Å². The molecule has 25 heavy (non-hydrogen) atoms. The van der Waals surface area contributed by atoms with Gasteiger partial charge in [-0.3, -0.25) is 4.79 Å². The first-order chi connectivity index (χ1) is 12.0. The zero-order chi connectivity index (χ0) is 18.2. The Balaban J connectivity index is 1.99. The smallest absolute Gasteiger partial charge is 0.331 e. The van der Waals surface area contributed by atoms with E-state index in [1.165, 1.54) is 0 Å². The lowest BCUT2D eigenvalue weighted by atomic mass is 10.1. The summed E-state index contributed by atoms with van der Waals surface area (Å²) in [5, 5.41) is 9.04. The molecule has 2 rings (SSSR count). The van der Waals surface area contributed by atoms with Crippen molar-refractivity contribution in [1.82, 2.24) is 0 Å². The van der Waals surface area contributed by atoms with E-state index in [0.29, 0.717) is 29.1 Å². The molecule has 5 heteroatoms. The number of ketones is 1. The minimum absolute atomic E-state index is 0.0856. The van der Waals surface area contributed by atoms with Crippen LogP contribution in [0.4, 0.5) is 0 Å². The molecule has 130 valence electrons. The number of carboxylic acid groups (broad SMARTS) is 1. The first-order valence-corrected chi connectivity index (χ1v) is 7.87. The molecule has 0 aliphatic rings. The Morgan fingerprint density at radius 3 is 2.40 bits per heavy atom. The summed E-state index contributed by atoms with van der Waals surface area (Å²) < 4.78 is 10.6. The van der Waals surface area contributed by atoms with Crippen LogP contribution >= 0.6 is 0 Å². The van der Waals surface area contributed by atoms with Crippen molar-refractivity contribution in [1.29, 1.82) is 0 Å². The van der Waals surface area contributed by atoms with Crippen molar-refractivity contribution < 1.29 is 24.2 Å². The van der Waals surface area contributed by atoms with Crippen molar-refractivity contribution in [3.63, 3.8) is 0 Å². The number of carbonyl (C=O) groups excluding carboxylic acids is 1. The summed E-state index contributed by atoms with van der Waals surface area (Å²) in [6.45, 7) is 1.71. The maximum atomic E-state index is 12.2. The molecule has 2 aromatic carbocycles. The quantitative estimate of drug-likeness (QED) is 0.584. The Labute approximate surface area is 146 Å². The van der Waals surface area contributed by atoms with Gasteiger partial charge in [-0.15, -0.1) is 0 Å². The van der Waals surface area contributed by atoms with Gasteiger partial charge in [-0.1, -0.05) is 31.2 Å². The van der Waals surface area contributed by atoms with Crippen molar-refractivity contribution in [3.8, 4) is 11.5 Å². The summed E-state index contributed by atoms with van der Waals surface area (Å²) in [4.78, 5) is 23.2. The second kappa shape index (κ2) is 8.68. The molecule has 0 saturated carbocycles. The number of benzene rings is 2. The maximum Gasteiger partial charge on any atom is 0.331 e. The van der Waals surface area contributed by atoms with Crippen LogP contribution in [0.25, 0.3) is 6.08 Å². The largest absolute Gasteiger partial charge is 0.497 e. The van der Waals surface area contributed by atoms with Crippen molar-refractivity contribution in [2.24, 2.45) is 0 Å². The Morgan fingerprint density at radius 1 is 1.08 bits per heavy atom. The van der Waals surface area contributed by atoms with Crippen molar-refractivity contribution >= 4 is 17.8 Å². The Hall–Kier alpha value is -3.08. The molecule has 2 aromatic rings. The molecular formula is C20H20O5. The van der Waals surface area contributed by atoms with Gasteiger partial charge < -0.3 is 14.6 Å². The van der Waals surface area contributed by atoms with Crippen LogP contribution in [0.5, 0.6) is 11.5 Å². The second-order valence-electron chi connectivity index (χ2n) is 5.34. The number of aliphatic carboxylic acids is 1. The molecule has 0 heterocycles. The van der Waals surface area contributed by atoms with Crippen LogP contribution in [0.1, 0.15) is 29.3 Å². The van der Waals surface area contributed by atoms with Gasteiger partial charge in [-0.05, 0) is 42.3 Å². The number of carbonyl (C=O) groups is 2. The van der Waals surface area contributed by atoms with Crippen LogP contribution in [0.15, 0.2) is 54.1 Å². The molecular weight excluding hydrogens is 320 g/mol. The number of hydrogen-bond acceptors (Lipinski definition) is 4.